The SMILES string of the molecule is Cn1cc(CN2C(=O)Cc3cc(F)c(S(=O)(=O)NC4(C#N)CC4)cc3C2=O)cn1. The Labute approximate surface area is 165 Å². The summed E-state index contributed by atoms with van der Waals surface area (Å²) in [6.07, 6.45) is 3.60. The van der Waals surface area contributed by atoms with Crippen molar-refractivity contribution in [3.8, 4) is 6.07 Å². The van der Waals surface area contributed by atoms with Crippen LogP contribution in [0.15, 0.2) is 29.4 Å². The first-order chi connectivity index (χ1) is 13.6. The summed E-state index contributed by atoms with van der Waals surface area (Å²) in [5, 5.41) is 13.1. The molecule has 1 aromatic heterocycles. The number of rotatable bonds is 5. The van der Waals surface area contributed by atoms with Crippen molar-refractivity contribution < 1.29 is 22.4 Å². The summed E-state index contributed by atoms with van der Waals surface area (Å²) in [6, 6.07) is 3.70. The van der Waals surface area contributed by atoms with Crippen LogP contribution >= 0.6 is 0 Å². The van der Waals surface area contributed by atoms with Gasteiger partial charge in [-0.05, 0) is 30.5 Å². The quantitative estimate of drug-likeness (QED) is 0.711. The zero-order chi connectivity index (χ0) is 21.0. The van der Waals surface area contributed by atoms with Crippen LogP contribution in [-0.4, -0.2) is 40.5 Å². The first kappa shape index (κ1) is 19.2. The van der Waals surface area contributed by atoms with Gasteiger partial charge in [0.15, 0.2) is 0 Å². The van der Waals surface area contributed by atoms with E-state index in [2.05, 4.69) is 9.82 Å². The highest BCUT2D eigenvalue weighted by atomic mass is 32.2. The molecule has 0 unspecified atom stereocenters. The number of nitriles is 1. The van der Waals surface area contributed by atoms with Gasteiger partial charge in [0, 0.05) is 24.4 Å². The highest BCUT2D eigenvalue weighted by Gasteiger charge is 2.47. The third kappa shape index (κ3) is 3.41. The summed E-state index contributed by atoms with van der Waals surface area (Å²) in [4.78, 5) is 25.5. The molecule has 2 aromatic rings. The zero-order valence-corrected chi connectivity index (χ0v) is 16.2. The van der Waals surface area contributed by atoms with Gasteiger partial charge in [0.25, 0.3) is 5.91 Å². The summed E-state index contributed by atoms with van der Waals surface area (Å²) >= 11 is 0. The standard InChI is InChI=1S/C18H16FN5O4S/c1-23-8-11(7-21-23)9-24-16(25)5-12-4-14(19)15(6-13(12)17(24)26)29(27,28)22-18(10-20)2-3-18/h4,6-8,22H,2-3,5,9H2,1H3. The van der Waals surface area contributed by atoms with Crippen LogP contribution < -0.4 is 4.72 Å². The maximum atomic E-state index is 14.5. The molecule has 2 amide bonds. The van der Waals surface area contributed by atoms with Crippen LogP contribution in [0.1, 0.15) is 34.3 Å². The van der Waals surface area contributed by atoms with Gasteiger partial charge in [-0.25, -0.2) is 12.8 Å². The second-order valence-corrected chi connectivity index (χ2v) is 8.87. The Kier molecular flexibility index (Phi) is 4.29. The van der Waals surface area contributed by atoms with Gasteiger partial charge >= 0.3 is 0 Å². The van der Waals surface area contributed by atoms with Gasteiger partial charge in [-0.1, -0.05) is 0 Å². The molecular weight excluding hydrogens is 401 g/mol. The Hall–Kier alpha value is -3.10. The smallest absolute Gasteiger partial charge is 0.261 e. The number of fused-ring (bicyclic) bond motifs is 1. The van der Waals surface area contributed by atoms with Crippen molar-refractivity contribution in [3.05, 3.63) is 47.0 Å². The zero-order valence-electron chi connectivity index (χ0n) is 15.3. The molecule has 0 radical (unpaired) electrons. The number of carbonyl (C=O) groups excluding carboxylic acids is 2. The van der Waals surface area contributed by atoms with E-state index in [1.807, 2.05) is 6.07 Å². The lowest BCUT2D eigenvalue weighted by molar-refractivity contribution is -0.128. The van der Waals surface area contributed by atoms with Crippen molar-refractivity contribution in [2.45, 2.75) is 36.2 Å². The molecule has 1 aromatic carbocycles. The Balaban J connectivity index is 1.69. The van der Waals surface area contributed by atoms with Crippen molar-refractivity contribution in [1.29, 1.82) is 5.26 Å². The second-order valence-electron chi connectivity index (χ2n) is 7.22. The van der Waals surface area contributed by atoms with Gasteiger partial charge in [-0.3, -0.25) is 19.2 Å². The topological polar surface area (TPSA) is 125 Å². The van der Waals surface area contributed by atoms with Crippen LogP contribution in [0.5, 0.6) is 0 Å². The van der Waals surface area contributed by atoms with E-state index in [4.69, 9.17) is 5.26 Å². The summed E-state index contributed by atoms with van der Waals surface area (Å²) in [5.41, 5.74) is -0.538. The van der Waals surface area contributed by atoms with Gasteiger partial charge in [0.05, 0.1) is 25.2 Å². The van der Waals surface area contributed by atoms with E-state index >= 15 is 0 Å². The lowest BCUT2D eigenvalue weighted by atomic mass is 9.98. The van der Waals surface area contributed by atoms with Crippen LogP contribution in [0.4, 0.5) is 4.39 Å². The average molecular weight is 417 g/mol. The van der Waals surface area contributed by atoms with Crippen molar-refractivity contribution in [3.63, 3.8) is 0 Å². The minimum atomic E-state index is -4.36. The molecule has 1 fully saturated rings. The van der Waals surface area contributed by atoms with E-state index in [0.717, 1.165) is 17.0 Å². The number of benzene rings is 1. The number of halogens is 1. The van der Waals surface area contributed by atoms with Crippen LogP contribution in [-0.2, 0) is 34.8 Å². The van der Waals surface area contributed by atoms with Crippen LogP contribution in [0, 0.1) is 17.1 Å². The number of nitrogens with one attached hydrogen (secondary N) is 1. The first-order valence-electron chi connectivity index (χ1n) is 8.74. The molecule has 2 heterocycles. The van der Waals surface area contributed by atoms with Crippen molar-refractivity contribution in [1.82, 2.24) is 19.4 Å². The summed E-state index contributed by atoms with van der Waals surface area (Å²) in [7, 11) is -2.66. The number of sulfonamides is 1. The lowest BCUT2D eigenvalue weighted by Gasteiger charge is -2.27. The van der Waals surface area contributed by atoms with Gasteiger partial charge in [-0.2, -0.15) is 15.1 Å². The Morgan fingerprint density at radius 2 is 2.07 bits per heavy atom. The Bertz CT molecular complexity index is 1190. The highest BCUT2D eigenvalue weighted by Crippen LogP contribution is 2.36. The summed E-state index contributed by atoms with van der Waals surface area (Å²) < 4.78 is 43.4. The number of imide groups is 1. The maximum Gasteiger partial charge on any atom is 0.261 e. The maximum absolute atomic E-state index is 14.5. The normalized spacial score (nSPS) is 17.8. The molecular formula is C18H16FN5O4S. The predicted octanol–water partition coefficient (Wildman–Crippen LogP) is 0.619. The molecule has 1 aliphatic carbocycles. The van der Waals surface area contributed by atoms with Crippen LogP contribution in [0.25, 0.3) is 0 Å². The molecule has 29 heavy (non-hydrogen) atoms. The molecule has 0 atom stereocenters. The Morgan fingerprint density at radius 1 is 1.34 bits per heavy atom. The fraction of sp³-hybridized carbons (Fsp3) is 0.333. The monoisotopic (exact) mass is 417 g/mol. The molecule has 0 spiro atoms. The number of aryl methyl sites for hydroxylation is 1. The Morgan fingerprint density at radius 3 is 2.66 bits per heavy atom. The minimum Gasteiger partial charge on any atom is -0.275 e. The fourth-order valence-corrected chi connectivity index (χ4v) is 4.70. The number of aromatic nitrogens is 2. The molecule has 11 heteroatoms. The molecule has 1 N–H and O–H groups in total. The van der Waals surface area contributed by atoms with E-state index < -0.39 is 38.1 Å². The molecule has 4 rings (SSSR count). The molecule has 0 saturated heterocycles. The van der Waals surface area contributed by atoms with E-state index in [-0.39, 0.29) is 24.1 Å². The number of nitrogens with zero attached hydrogens (tertiary/aromatic N) is 4. The van der Waals surface area contributed by atoms with E-state index in [0.29, 0.717) is 18.4 Å². The number of amides is 2. The van der Waals surface area contributed by atoms with Crippen LogP contribution in [0.2, 0.25) is 0 Å². The van der Waals surface area contributed by atoms with Crippen molar-refractivity contribution in [2.24, 2.45) is 7.05 Å². The van der Waals surface area contributed by atoms with Gasteiger partial charge in [0.1, 0.15) is 16.3 Å². The average Bonchev–Trinajstić information content (AvgIpc) is 3.29. The first-order valence-corrected chi connectivity index (χ1v) is 10.2. The van der Waals surface area contributed by atoms with E-state index in [1.54, 1.807) is 13.2 Å². The second kappa shape index (κ2) is 6.47. The third-order valence-corrected chi connectivity index (χ3v) is 6.51. The highest BCUT2D eigenvalue weighted by molar-refractivity contribution is 7.89. The van der Waals surface area contributed by atoms with E-state index in [1.165, 1.54) is 10.9 Å². The van der Waals surface area contributed by atoms with Crippen molar-refractivity contribution >= 4 is 21.8 Å². The van der Waals surface area contributed by atoms with Gasteiger partial charge < -0.3 is 0 Å². The number of carbonyl (C=O) groups is 2. The van der Waals surface area contributed by atoms with Gasteiger partial charge in [-0.15, -0.1) is 0 Å². The third-order valence-electron chi connectivity index (χ3n) is 4.96. The summed E-state index contributed by atoms with van der Waals surface area (Å²) in [5.74, 6) is -2.30. The predicted molar refractivity (Wildman–Crippen MR) is 96.1 cm³/mol. The molecule has 9 nitrogen and oxygen atoms in total. The summed E-state index contributed by atoms with van der Waals surface area (Å²) in [6.45, 7) is -0.0276. The van der Waals surface area contributed by atoms with Gasteiger partial charge in [0.2, 0.25) is 15.9 Å². The van der Waals surface area contributed by atoms with Crippen molar-refractivity contribution in [2.75, 3.05) is 0 Å². The molecule has 150 valence electrons. The van der Waals surface area contributed by atoms with E-state index in [9.17, 15) is 22.4 Å². The molecule has 1 saturated carbocycles. The lowest BCUT2D eigenvalue weighted by Crippen LogP contribution is -2.42. The largest absolute Gasteiger partial charge is 0.275 e. The number of hydrogen-bond donors (Lipinski definition) is 1. The van der Waals surface area contributed by atoms with Crippen LogP contribution in [0.3, 0.4) is 0 Å². The minimum absolute atomic E-state index is 0.0276. The molecule has 2 aliphatic rings. The number of hydrogen-bond acceptors (Lipinski definition) is 6. The molecule has 1 aliphatic heterocycles. The fourth-order valence-electron chi connectivity index (χ4n) is 3.23. The molecule has 0 bridgehead atoms.